The second-order valence-corrected chi connectivity index (χ2v) is 6.16. The van der Waals surface area contributed by atoms with E-state index in [1.54, 1.807) is 6.07 Å². The minimum atomic E-state index is -0.766. The third-order valence-electron chi connectivity index (χ3n) is 4.39. The van der Waals surface area contributed by atoms with Crippen molar-refractivity contribution < 1.29 is 18.7 Å². The number of halogens is 2. The fourth-order valence-corrected chi connectivity index (χ4v) is 2.89. The van der Waals surface area contributed by atoms with E-state index < -0.39 is 28.9 Å². The summed E-state index contributed by atoms with van der Waals surface area (Å²) in [5.74, 6) is -2.26. The lowest BCUT2D eigenvalue weighted by molar-refractivity contribution is 0.103. The highest BCUT2D eigenvalue weighted by molar-refractivity contribution is 6.11. The number of nitrogens with zero attached hydrogens (tertiary/aromatic N) is 2. The van der Waals surface area contributed by atoms with E-state index in [2.05, 4.69) is 0 Å². The Morgan fingerprint density at radius 3 is 2.14 bits per heavy atom. The molecule has 3 rings (SSSR count). The summed E-state index contributed by atoms with van der Waals surface area (Å²) < 4.78 is 27.1. The van der Waals surface area contributed by atoms with E-state index in [1.807, 2.05) is 0 Å². The Kier molecular flexibility index (Phi) is 5.05. The molecule has 3 aromatic rings. The molecule has 0 fully saturated rings. The van der Waals surface area contributed by atoms with Crippen LogP contribution in [0.4, 0.5) is 8.78 Å². The van der Waals surface area contributed by atoms with Crippen molar-refractivity contribution in [3.05, 3.63) is 98.3 Å². The Labute approximate surface area is 158 Å². The molecular formula is C21H14F2N2O3. The van der Waals surface area contributed by atoms with Gasteiger partial charge >= 0.3 is 0 Å². The van der Waals surface area contributed by atoms with Gasteiger partial charge in [0.25, 0.3) is 5.56 Å². The van der Waals surface area contributed by atoms with Crippen molar-refractivity contribution in [2.24, 2.45) is 0 Å². The molecule has 1 aromatic heterocycles. The van der Waals surface area contributed by atoms with Gasteiger partial charge in [0.05, 0.1) is 12.1 Å². The van der Waals surface area contributed by atoms with E-state index in [1.165, 1.54) is 43.3 Å². The quantitative estimate of drug-likeness (QED) is 0.704. The van der Waals surface area contributed by atoms with Crippen LogP contribution in [-0.2, 0) is 6.54 Å². The summed E-state index contributed by atoms with van der Waals surface area (Å²) in [5.41, 5.74) is -0.648. The van der Waals surface area contributed by atoms with Crippen LogP contribution in [0.5, 0.6) is 5.88 Å². The molecule has 28 heavy (non-hydrogen) atoms. The molecule has 0 radical (unpaired) electrons. The van der Waals surface area contributed by atoms with Crippen LogP contribution in [-0.4, -0.2) is 15.5 Å². The van der Waals surface area contributed by atoms with Crippen LogP contribution in [0.2, 0.25) is 0 Å². The van der Waals surface area contributed by atoms with Crippen molar-refractivity contribution in [1.82, 2.24) is 4.57 Å². The predicted octanol–water partition coefficient (Wildman–Crippen LogP) is 3.29. The third-order valence-corrected chi connectivity index (χ3v) is 4.39. The Morgan fingerprint density at radius 1 is 1.07 bits per heavy atom. The maximum Gasteiger partial charge on any atom is 0.271 e. The maximum atomic E-state index is 13.1. The average molecular weight is 380 g/mol. The van der Waals surface area contributed by atoms with E-state index in [0.29, 0.717) is 5.56 Å². The van der Waals surface area contributed by atoms with Crippen molar-refractivity contribution in [1.29, 1.82) is 5.26 Å². The molecule has 0 aliphatic rings. The zero-order valence-corrected chi connectivity index (χ0v) is 14.7. The first-order chi connectivity index (χ1) is 13.3. The summed E-state index contributed by atoms with van der Waals surface area (Å²) >= 11 is 0. The lowest BCUT2D eigenvalue weighted by Crippen LogP contribution is -2.27. The normalized spacial score (nSPS) is 10.5. The molecule has 0 saturated carbocycles. The molecule has 0 unspecified atom stereocenters. The molecule has 0 spiro atoms. The van der Waals surface area contributed by atoms with Crippen LogP contribution in [0, 0.1) is 29.9 Å². The van der Waals surface area contributed by atoms with Crippen LogP contribution in [0.15, 0.2) is 53.3 Å². The van der Waals surface area contributed by atoms with Crippen LogP contribution < -0.4 is 5.56 Å². The molecule has 1 heterocycles. The first-order valence-electron chi connectivity index (χ1n) is 8.24. The Bertz CT molecular complexity index is 1160. The third kappa shape index (κ3) is 3.40. The fraction of sp³-hybridized carbons (Fsp3) is 0.0952. The monoisotopic (exact) mass is 380 g/mol. The first-order valence-corrected chi connectivity index (χ1v) is 8.24. The minimum absolute atomic E-state index is 0.0367. The van der Waals surface area contributed by atoms with Gasteiger partial charge in [-0.1, -0.05) is 12.1 Å². The van der Waals surface area contributed by atoms with Crippen molar-refractivity contribution in [3.63, 3.8) is 0 Å². The number of benzene rings is 2. The SMILES string of the molecule is Cc1c(C(=O)c2ccc(F)cc2)c(O)n(Cc2ccc(F)cc2)c(=O)c1C#N. The number of carbonyl (C=O) groups excluding carboxylic acids is 1. The molecule has 0 aliphatic carbocycles. The van der Waals surface area contributed by atoms with Crippen molar-refractivity contribution in [2.75, 3.05) is 0 Å². The second-order valence-electron chi connectivity index (χ2n) is 6.16. The number of hydrogen-bond acceptors (Lipinski definition) is 4. The first kappa shape index (κ1) is 19.0. The van der Waals surface area contributed by atoms with Crippen LogP contribution >= 0.6 is 0 Å². The summed E-state index contributed by atoms with van der Waals surface area (Å²) in [6, 6.07) is 11.7. The maximum absolute atomic E-state index is 13.1. The number of carbonyl (C=O) groups is 1. The molecular weight excluding hydrogens is 366 g/mol. The van der Waals surface area contributed by atoms with Crippen molar-refractivity contribution in [3.8, 4) is 11.9 Å². The topological polar surface area (TPSA) is 83.1 Å². The van der Waals surface area contributed by atoms with Gasteiger partial charge in [0.1, 0.15) is 23.3 Å². The van der Waals surface area contributed by atoms with E-state index in [-0.39, 0.29) is 28.8 Å². The molecule has 7 heteroatoms. The van der Waals surface area contributed by atoms with Gasteiger partial charge in [-0.15, -0.1) is 0 Å². The van der Waals surface area contributed by atoms with Crippen LogP contribution in [0.25, 0.3) is 0 Å². The van der Waals surface area contributed by atoms with Gasteiger partial charge in [0.15, 0.2) is 5.78 Å². The van der Waals surface area contributed by atoms with Gasteiger partial charge in [0, 0.05) is 5.56 Å². The molecule has 0 bridgehead atoms. The van der Waals surface area contributed by atoms with Crippen molar-refractivity contribution >= 4 is 5.78 Å². The Morgan fingerprint density at radius 2 is 1.61 bits per heavy atom. The lowest BCUT2D eigenvalue weighted by atomic mass is 9.97. The van der Waals surface area contributed by atoms with E-state index in [0.717, 1.165) is 16.7 Å². The summed E-state index contributed by atoms with van der Waals surface area (Å²) in [5, 5.41) is 20.0. The lowest BCUT2D eigenvalue weighted by Gasteiger charge is -2.15. The fourth-order valence-electron chi connectivity index (χ4n) is 2.89. The zero-order chi connectivity index (χ0) is 20.4. The van der Waals surface area contributed by atoms with E-state index in [4.69, 9.17) is 0 Å². The Balaban J connectivity index is 2.19. The summed E-state index contributed by atoms with van der Waals surface area (Å²) in [7, 11) is 0. The number of aromatic hydroxyl groups is 1. The van der Waals surface area contributed by atoms with Crippen LogP contribution in [0.1, 0.15) is 32.6 Å². The molecule has 140 valence electrons. The summed E-state index contributed by atoms with van der Waals surface area (Å²) in [6.07, 6.45) is 0. The molecule has 0 amide bonds. The minimum Gasteiger partial charge on any atom is -0.494 e. The number of ketones is 1. The van der Waals surface area contributed by atoms with Gasteiger partial charge in [-0.2, -0.15) is 5.26 Å². The highest BCUT2D eigenvalue weighted by atomic mass is 19.1. The second kappa shape index (κ2) is 7.45. The average Bonchev–Trinajstić information content (AvgIpc) is 2.67. The van der Waals surface area contributed by atoms with Gasteiger partial charge in [-0.25, -0.2) is 8.78 Å². The summed E-state index contributed by atoms with van der Waals surface area (Å²) in [4.78, 5) is 25.5. The van der Waals surface area contributed by atoms with Crippen molar-refractivity contribution in [2.45, 2.75) is 13.5 Å². The van der Waals surface area contributed by atoms with E-state index >= 15 is 0 Å². The smallest absolute Gasteiger partial charge is 0.271 e. The number of aromatic nitrogens is 1. The molecule has 5 nitrogen and oxygen atoms in total. The number of rotatable bonds is 4. The highest BCUT2D eigenvalue weighted by Gasteiger charge is 2.25. The van der Waals surface area contributed by atoms with Gasteiger partial charge in [-0.3, -0.25) is 14.2 Å². The van der Waals surface area contributed by atoms with Gasteiger partial charge in [0.2, 0.25) is 5.88 Å². The van der Waals surface area contributed by atoms with E-state index in [9.17, 15) is 28.7 Å². The largest absolute Gasteiger partial charge is 0.494 e. The molecule has 2 aromatic carbocycles. The standard InChI is InChI=1S/C21H14F2N2O3/c1-12-17(10-24)20(27)25(11-13-2-6-15(22)7-3-13)21(28)18(12)19(26)14-4-8-16(23)9-5-14/h2-9,28H,11H2,1H3. The van der Waals surface area contributed by atoms with Crippen LogP contribution in [0.3, 0.4) is 0 Å². The predicted molar refractivity (Wildman–Crippen MR) is 97.2 cm³/mol. The van der Waals surface area contributed by atoms with Gasteiger partial charge in [-0.05, 0) is 54.4 Å². The van der Waals surface area contributed by atoms with Gasteiger partial charge < -0.3 is 5.11 Å². The summed E-state index contributed by atoms with van der Waals surface area (Å²) in [6.45, 7) is 1.22. The highest BCUT2D eigenvalue weighted by Crippen LogP contribution is 2.25. The number of hydrogen-bond donors (Lipinski definition) is 1. The number of pyridine rings is 1. The molecule has 0 atom stereocenters. The Hall–Kier alpha value is -3.79. The zero-order valence-electron chi connectivity index (χ0n) is 14.7. The number of nitriles is 1. The molecule has 1 N–H and O–H groups in total. The molecule has 0 saturated heterocycles. The molecule has 0 aliphatic heterocycles.